The quantitative estimate of drug-likeness (QED) is 0.831. The number of rotatable bonds is 3. The zero-order chi connectivity index (χ0) is 13.2. The van der Waals surface area contributed by atoms with Gasteiger partial charge in [-0.25, -0.2) is 4.98 Å². The van der Waals surface area contributed by atoms with Crippen LogP contribution in [0.2, 0.25) is 0 Å². The predicted molar refractivity (Wildman–Crippen MR) is 79.6 cm³/mol. The fourth-order valence-electron chi connectivity index (χ4n) is 3.59. The topological polar surface area (TPSA) is 19.4 Å². The number of pyridine rings is 1. The van der Waals surface area contributed by atoms with Crippen LogP contribution in [0, 0.1) is 6.92 Å². The van der Waals surface area contributed by atoms with Crippen molar-refractivity contribution in [3.05, 3.63) is 23.4 Å². The second-order valence-corrected chi connectivity index (χ2v) is 5.82. The van der Waals surface area contributed by atoms with Crippen molar-refractivity contribution >= 4 is 5.82 Å². The maximum atomic E-state index is 4.87. The highest BCUT2D eigenvalue weighted by molar-refractivity contribution is 5.43. The van der Waals surface area contributed by atoms with Crippen LogP contribution in [0.25, 0.3) is 0 Å². The summed E-state index contributed by atoms with van der Waals surface area (Å²) in [7, 11) is 0. The van der Waals surface area contributed by atoms with E-state index in [2.05, 4.69) is 35.8 Å². The van der Waals surface area contributed by atoms with Crippen LogP contribution in [0.15, 0.2) is 12.1 Å². The molecule has 3 rings (SSSR count). The fourth-order valence-corrected chi connectivity index (χ4v) is 3.59. The Balaban J connectivity index is 1.83. The SMILES string of the molecule is CCN1CCCC1c1ccc(N2CCCC2)nc1C. The number of likely N-dealkylation sites (tertiary alicyclic amines) is 1. The molecule has 1 unspecified atom stereocenters. The first-order valence-corrected chi connectivity index (χ1v) is 7.76. The minimum absolute atomic E-state index is 0.602. The Bertz CT molecular complexity index is 438. The van der Waals surface area contributed by atoms with Gasteiger partial charge in [-0.2, -0.15) is 0 Å². The third-order valence-corrected chi connectivity index (χ3v) is 4.67. The summed E-state index contributed by atoms with van der Waals surface area (Å²) in [6.45, 7) is 9.19. The van der Waals surface area contributed by atoms with Crippen LogP contribution in [0.1, 0.15) is 49.9 Å². The Labute approximate surface area is 116 Å². The van der Waals surface area contributed by atoms with E-state index < -0.39 is 0 Å². The van der Waals surface area contributed by atoms with Crippen LogP contribution in [0.3, 0.4) is 0 Å². The van der Waals surface area contributed by atoms with Gasteiger partial charge in [0.15, 0.2) is 0 Å². The van der Waals surface area contributed by atoms with E-state index in [0.717, 1.165) is 6.54 Å². The van der Waals surface area contributed by atoms with Crippen molar-refractivity contribution in [1.82, 2.24) is 9.88 Å². The van der Waals surface area contributed by atoms with E-state index >= 15 is 0 Å². The smallest absolute Gasteiger partial charge is 0.128 e. The van der Waals surface area contributed by atoms with Crippen LogP contribution in [0.5, 0.6) is 0 Å². The first-order chi connectivity index (χ1) is 9.29. The molecule has 1 aromatic rings. The van der Waals surface area contributed by atoms with Crippen molar-refractivity contribution in [3.63, 3.8) is 0 Å². The molecular weight excluding hydrogens is 234 g/mol. The predicted octanol–water partition coefficient (Wildman–Crippen LogP) is 3.15. The summed E-state index contributed by atoms with van der Waals surface area (Å²) < 4.78 is 0. The lowest BCUT2D eigenvalue weighted by molar-refractivity contribution is 0.270. The molecule has 2 aliphatic rings. The Morgan fingerprint density at radius 3 is 2.63 bits per heavy atom. The summed E-state index contributed by atoms with van der Waals surface area (Å²) in [6, 6.07) is 5.17. The van der Waals surface area contributed by atoms with Crippen LogP contribution in [-0.2, 0) is 0 Å². The molecular formula is C16H25N3. The van der Waals surface area contributed by atoms with Gasteiger partial charge in [0.05, 0.1) is 0 Å². The van der Waals surface area contributed by atoms with Gasteiger partial charge in [0.2, 0.25) is 0 Å². The van der Waals surface area contributed by atoms with Crippen LogP contribution in [-0.4, -0.2) is 36.1 Å². The van der Waals surface area contributed by atoms with Crippen molar-refractivity contribution in [1.29, 1.82) is 0 Å². The molecule has 0 aliphatic carbocycles. The molecule has 2 aliphatic heterocycles. The molecule has 2 saturated heterocycles. The second-order valence-electron chi connectivity index (χ2n) is 5.82. The number of aromatic nitrogens is 1. The summed E-state index contributed by atoms with van der Waals surface area (Å²) in [4.78, 5) is 9.87. The maximum Gasteiger partial charge on any atom is 0.128 e. The van der Waals surface area contributed by atoms with E-state index in [1.165, 1.54) is 62.4 Å². The minimum atomic E-state index is 0.602. The molecule has 0 amide bonds. The molecule has 0 bridgehead atoms. The first kappa shape index (κ1) is 12.9. The van der Waals surface area contributed by atoms with E-state index in [4.69, 9.17) is 4.98 Å². The van der Waals surface area contributed by atoms with Gasteiger partial charge in [-0.1, -0.05) is 13.0 Å². The van der Waals surface area contributed by atoms with Gasteiger partial charge in [-0.05, 0) is 57.3 Å². The van der Waals surface area contributed by atoms with E-state index in [9.17, 15) is 0 Å². The van der Waals surface area contributed by atoms with Crippen molar-refractivity contribution in [2.24, 2.45) is 0 Å². The van der Waals surface area contributed by atoms with Crippen molar-refractivity contribution < 1.29 is 0 Å². The lowest BCUT2D eigenvalue weighted by atomic mass is 10.0. The first-order valence-electron chi connectivity index (χ1n) is 7.76. The molecule has 0 N–H and O–H groups in total. The van der Waals surface area contributed by atoms with Gasteiger partial charge >= 0.3 is 0 Å². The van der Waals surface area contributed by atoms with Crippen molar-refractivity contribution in [3.8, 4) is 0 Å². The normalized spacial score (nSPS) is 24.3. The number of aryl methyl sites for hydroxylation is 1. The minimum Gasteiger partial charge on any atom is -0.357 e. The van der Waals surface area contributed by atoms with Gasteiger partial charge in [-0.15, -0.1) is 0 Å². The number of anilines is 1. The Morgan fingerprint density at radius 1 is 1.16 bits per heavy atom. The second kappa shape index (κ2) is 5.49. The van der Waals surface area contributed by atoms with Crippen molar-refractivity contribution in [2.75, 3.05) is 31.1 Å². The fraction of sp³-hybridized carbons (Fsp3) is 0.688. The van der Waals surface area contributed by atoms with Gasteiger partial charge in [-0.3, -0.25) is 4.90 Å². The molecule has 1 atom stereocenters. The Morgan fingerprint density at radius 2 is 1.95 bits per heavy atom. The summed E-state index contributed by atoms with van der Waals surface area (Å²) in [5.41, 5.74) is 2.68. The molecule has 0 radical (unpaired) electrons. The van der Waals surface area contributed by atoms with Gasteiger partial charge < -0.3 is 4.90 Å². The molecule has 104 valence electrons. The molecule has 0 spiro atoms. The van der Waals surface area contributed by atoms with E-state index in [-0.39, 0.29) is 0 Å². The third kappa shape index (κ3) is 2.48. The number of hydrogen-bond acceptors (Lipinski definition) is 3. The monoisotopic (exact) mass is 259 g/mol. The van der Waals surface area contributed by atoms with Crippen LogP contribution < -0.4 is 4.90 Å². The van der Waals surface area contributed by atoms with Gasteiger partial charge in [0, 0.05) is 24.8 Å². The molecule has 0 aromatic carbocycles. The molecule has 3 nitrogen and oxygen atoms in total. The van der Waals surface area contributed by atoms with E-state index in [0.29, 0.717) is 6.04 Å². The number of hydrogen-bond donors (Lipinski definition) is 0. The third-order valence-electron chi connectivity index (χ3n) is 4.67. The molecule has 0 saturated carbocycles. The maximum absolute atomic E-state index is 4.87. The lowest BCUT2D eigenvalue weighted by Crippen LogP contribution is -2.24. The summed E-state index contributed by atoms with van der Waals surface area (Å²) in [5, 5.41) is 0. The van der Waals surface area contributed by atoms with E-state index in [1.54, 1.807) is 0 Å². The summed E-state index contributed by atoms with van der Waals surface area (Å²) in [5.74, 6) is 1.18. The van der Waals surface area contributed by atoms with Crippen molar-refractivity contribution in [2.45, 2.75) is 45.6 Å². The highest BCUT2D eigenvalue weighted by Crippen LogP contribution is 2.33. The average Bonchev–Trinajstić information content (AvgIpc) is 3.09. The standard InChI is InChI=1S/C16H25N3/c1-3-18-12-6-7-15(18)14-8-9-16(17-13(14)2)19-10-4-5-11-19/h8-9,15H,3-7,10-12H2,1-2H3. The van der Waals surface area contributed by atoms with E-state index in [1.807, 2.05) is 0 Å². The zero-order valence-corrected chi connectivity index (χ0v) is 12.2. The van der Waals surface area contributed by atoms with Gasteiger partial charge in [0.1, 0.15) is 5.82 Å². The Kier molecular flexibility index (Phi) is 3.74. The number of nitrogens with zero attached hydrogens (tertiary/aromatic N) is 3. The summed E-state index contributed by atoms with van der Waals surface area (Å²) in [6.07, 6.45) is 5.24. The van der Waals surface area contributed by atoms with Gasteiger partial charge in [0.25, 0.3) is 0 Å². The average molecular weight is 259 g/mol. The lowest BCUT2D eigenvalue weighted by Gasteiger charge is -2.25. The Hall–Kier alpha value is -1.09. The summed E-state index contributed by atoms with van der Waals surface area (Å²) >= 11 is 0. The molecule has 3 heteroatoms. The largest absolute Gasteiger partial charge is 0.357 e. The van der Waals surface area contributed by atoms with Crippen LogP contribution in [0.4, 0.5) is 5.82 Å². The van der Waals surface area contributed by atoms with Crippen LogP contribution >= 0.6 is 0 Å². The molecule has 19 heavy (non-hydrogen) atoms. The highest BCUT2D eigenvalue weighted by atomic mass is 15.2. The zero-order valence-electron chi connectivity index (χ0n) is 12.2. The molecule has 1 aromatic heterocycles. The highest BCUT2D eigenvalue weighted by Gasteiger charge is 2.26. The molecule has 3 heterocycles. The molecule has 2 fully saturated rings.